The second-order valence-electron chi connectivity index (χ2n) is 6.25. The number of benzene rings is 3. The Balaban J connectivity index is 1.54. The van der Waals surface area contributed by atoms with Crippen molar-refractivity contribution in [1.29, 1.82) is 0 Å². The SMILES string of the molecule is O=C(NNC(=O)c1ccc(CNS(=O)(=O)c2ccc(Br)cc2)cc1)c1ccccc1. The van der Waals surface area contributed by atoms with Gasteiger partial charge >= 0.3 is 0 Å². The largest absolute Gasteiger partial charge is 0.269 e. The smallest absolute Gasteiger partial charge is 0.267 e. The molecule has 2 amide bonds. The molecule has 0 heterocycles. The minimum absolute atomic E-state index is 0.0744. The van der Waals surface area contributed by atoms with Crippen LogP contribution in [0.5, 0.6) is 0 Å². The molecule has 0 aromatic heterocycles. The Morgan fingerprint density at radius 2 is 1.27 bits per heavy atom. The van der Waals surface area contributed by atoms with Gasteiger partial charge in [-0.05, 0) is 54.1 Å². The van der Waals surface area contributed by atoms with E-state index in [1.54, 1.807) is 66.7 Å². The normalized spacial score (nSPS) is 11.0. The van der Waals surface area contributed by atoms with Gasteiger partial charge in [0.1, 0.15) is 0 Å². The molecule has 0 aliphatic rings. The fourth-order valence-corrected chi connectivity index (χ4v) is 3.78. The Morgan fingerprint density at radius 3 is 1.83 bits per heavy atom. The lowest BCUT2D eigenvalue weighted by Gasteiger charge is -2.09. The minimum atomic E-state index is -3.64. The third kappa shape index (κ3) is 5.76. The summed E-state index contributed by atoms with van der Waals surface area (Å²) in [6.07, 6.45) is 0. The summed E-state index contributed by atoms with van der Waals surface area (Å²) in [5.41, 5.74) is 6.12. The van der Waals surface area contributed by atoms with Gasteiger partial charge in [0, 0.05) is 22.1 Å². The molecule has 154 valence electrons. The summed E-state index contributed by atoms with van der Waals surface area (Å²) in [5.74, 6) is -0.913. The first-order chi connectivity index (χ1) is 14.3. The van der Waals surface area contributed by atoms with Crippen molar-refractivity contribution in [2.24, 2.45) is 0 Å². The van der Waals surface area contributed by atoms with E-state index in [1.807, 2.05) is 0 Å². The van der Waals surface area contributed by atoms with Crippen molar-refractivity contribution in [3.05, 3.63) is 100 Å². The molecule has 0 aliphatic heterocycles. The van der Waals surface area contributed by atoms with Crippen LogP contribution in [0, 0.1) is 0 Å². The highest BCUT2D eigenvalue weighted by Crippen LogP contribution is 2.15. The summed E-state index contributed by atoms with van der Waals surface area (Å²) < 4.78 is 28.0. The third-order valence-electron chi connectivity index (χ3n) is 4.13. The number of halogens is 1. The van der Waals surface area contributed by atoms with E-state index >= 15 is 0 Å². The van der Waals surface area contributed by atoms with Gasteiger partial charge < -0.3 is 0 Å². The molecule has 3 aromatic rings. The van der Waals surface area contributed by atoms with Crippen molar-refractivity contribution >= 4 is 37.8 Å². The van der Waals surface area contributed by atoms with Crippen LogP contribution in [0.1, 0.15) is 26.3 Å². The summed E-state index contributed by atoms with van der Waals surface area (Å²) in [5, 5.41) is 0. The van der Waals surface area contributed by atoms with E-state index in [0.29, 0.717) is 16.7 Å². The molecule has 3 rings (SSSR count). The van der Waals surface area contributed by atoms with Crippen LogP contribution in [0.25, 0.3) is 0 Å². The van der Waals surface area contributed by atoms with E-state index in [4.69, 9.17) is 0 Å². The Labute approximate surface area is 182 Å². The fourth-order valence-electron chi connectivity index (χ4n) is 2.50. The monoisotopic (exact) mass is 487 g/mol. The van der Waals surface area contributed by atoms with Crippen molar-refractivity contribution < 1.29 is 18.0 Å². The highest BCUT2D eigenvalue weighted by atomic mass is 79.9. The number of amides is 2. The van der Waals surface area contributed by atoms with Crippen molar-refractivity contribution in [2.75, 3.05) is 0 Å². The van der Waals surface area contributed by atoms with Crippen molar-refractivity contribution in [2.45, 2.75) is 11.4 Å². The van der Waals surface area contributed by atoms with Gasteiger partial charge in [0.15, 0.2) is 0 Å². The molecular formula is C21H18BrN3O4S. The number of rotatable bonds is 6. The van der Waals surface area contributed by atoms with Crippen LogP contribution in [0.2, 0.25) is 0 Å². The molecule has 7 nitrogen and oxygen atoms in total. The van der Waals surface area contributed by atoms with Crippen LogP contribution in [0.15, 0.2) is 88.2 Å². The molecule has 0 bridgehead atoms. The standard InChI is InChI=1S/C21H18BrN3O4S/c22-18-10-12-19(13-11-18)30(28,29)23-14-15-6-8-17(9-7-15)21(27)25-24-20(26)16-4-2-1-3-5-16/h1-13,23H,14H2,(H,24,26)(H,25,27). The van der Waals surface area contributed by atoms with E-state index in [2.05, 4.69) is 31.5 Å². The van der Waals surface area contributed by atoms with Gasteiger partial charge in [-0.1, -0.05) is 46.3 Å². The molecule has 0 spiro atoms. The maximum absolute atomic E-state index is 12.3. The van der Waals surface area contributed by atoms with E-state index in [1.165, 1.54) is 12.1 Å². The molecule has 0 unspecified atom stereocenters. The van der Waals surface area contributed by atoms with Gasteiger partial charge in [-0.15, -0.1) is 0 Å². The molecule has 30 heavy (non-hydrogen) atoms. The molecule has 0 aliphatic carbocycles. The van der Waals surface area contributed by atoms with E-state index < -0.39 is 21.8 Å². The van der Waals surface area contributed by atoms with E-state index in [9.17, 15) is 18.0 Å². The molecule has 3 aromatic carbocycles. The summed E-state index contributed by atoms with van der Waals surface area (Å²) in [6, 6.07) is 21.2. The average Bonchev–Trinajstić information content (AvgIpc) is 2.77. The van der Waals surface area contributed by atoms with Gasteiger partial charge in [-0.3, -0.25) is 20.4 Å². The number of nitrogens with one attached hydrogen (secondary N) is 3. The number of hydrogen-bond donors (Lipinski definition) is 3. The Kier molecular flexibility index (Phi) is 6.99. The Morgan fingerprint density at radius 1 is 0.733 bits per heavy atom. The van der Waals surface area contributed by atoms with Gasteiger partial charge in [-0.25, -0.2) is 13.1 Å². The lowest BCUT2D eigenvalue weighted by Crippen LogP contribution is -2.41. The van der Waals surface area contributed by atoms with Crippen molar-refractivity contribution in [3.8, 4) is 0 Å². The second kappa shape index (κ2) is 9.66. The van der Waals surface area contributed by atoms with Crippen LogP contribution < -0.4 is 15.6 Å². The van der Waals surface area contributed by atoms with Crippen LogP contribution in [-0.2, 0) is 16.6 Å². The first kappa shape index (κ1) is 21.7. The Hall–Kier alpha value is -3.01. The first-order valence-electron chi connectivity index (χ1n) is 8.85. The Bertz CT molecular complexity index is 1130. The lowest BCUT2D eigenvalue weighted by atomic mass is 10.1. The highest BCUT2D eigenvalue weighted by molar-refractivity contribution is 9.10. The molecule has 0 saturated carbocycles. The predicted octanol–water partition coefficient (Wildman–Crippen LogP) is 3.00. The summed E-state index contributed by atoms with van der Waals surface area (Å²) in [4.78, 5) is 24.3. The molecular weight excluding hydrogens is 470 g/mol. The van der Waals surface area contributed by atoms with Crippen LogP contribution in [0.4, 0.5) is 0 Å². The predicted molar refractivity (Wildman–Crippen MR) is 116 cm³/mol. The summed E-state index contributed by atoms with van der Waals surface area (Å²) in [7, 11) is -3.64. The van der Waals surface area contributed by atoms with Gasteiger partial charge in [0.05, 0.1) is 4.90 Å². The highest BCUT2D eigenvalue weighted by Gasteiger charge is 2.14. The van der Waals surface area contributed by atoms with Crippen LogP contribution >= 0.6 is 15.9 Å². The van der Waals surface area contributed by atoms with E-state index in [-0.39, 0.29) is 11.4 Å². The zero-order valence-electron chi connectivity index (χ0n) is 15.6. The maximum Gasteiger partial charge on any atom is 0.269 e. The van der Waals surface area contributed by atoms with Crippen molar-refractivity contribution in [1.82, 2.24) is 15.6 Å². The quantitative estimate of drug-likeness (QED) is 0.464. The molecule has 9 heteroatoms. The summed E-state index contributed by atoms with van der Waals surface area (Å²) in [6.45, 7) is 0.0744. The topological polar surface area (TPSA) is 104 Å². The first-order valence-corrected chi connectivity index (χ1v) is 11.1. The maximum atomic E-state index is 12.3. The average molecular weight is 488 g/mol. The zero-order chi connectivity index (χ0) is 21.6. The lowest BCUT2D eigenvalue weighted by molar-refractivity contribution is 0.0846. The zero-order valence-corrected chi connectivity index (χ0v) is 18.0. The second-order valence-corrected chi connectivity index (χ2v) is 8.93. The number of hydrogen-bond acceptors (Lipinski definition) is 4. The number of hydrazine groups is 1. The minimum Gasteiger partial charge on any atom is -0.267 e. The van der Waals surface area contributed by atoms with Gasteiger partial charge in [0.25, 0.3) is 11.8 Å². The number of sulfonamides is 1. The number of carbonyl (C=O) groups excluding carboxylic acids is 2. The molecule has 0 radical (unpaired) electrons. The molecule has 0 fully saturated rings. The van der Waals surface area contributed by atoms with Crippen molar-refractivity contribution in [3.63, 3.8) is 0 Å². The van der Waals surface area contributed by atoms with E-state index in [0.717, 1.165) is 4.47 Å². The van der Waals surface area contributed by atoms with Gasteiger partial charge in [-0.2, -0.15) is 0 Å². The molecule has 0 saturated heterocycles. The van der Waals surface area contributed by atoms with Crippen LogP contribution in [0.3, 0.4) is 0 Å². The fraction of sp³-hybridized carbons (Fsp3) is 0.0476. The van der Waals surface area contributed by atoms with Crippen LogP contribution in [-0.4, -0.2) is 20.2 Å². The van der Waals surface area contributed by atoms with Gasteiger partial charge in [0.2, 0.25) is 10.0 Å². The molecule has 3 N–H and O–H groups in total. The third-order valence-corrected chi connectivity index (χ3v) is 6.08. The summed E-state index contributed by atoms with van der Waals surface area (Å²) >= 11 is 3.27. The molecule has 0 atom stereocenters. The number of carbonyl (C=O) groups is 2.